The van der Waals surface area contributed by atoms with Crippen LogP contribution in [0.2, 0.25) is 0 Å². The van der Waals surface area contributed by atoms with Gasteiger partial charge in [-0.2, -0.15) is 0 Å². The number of benzene rings is 1. The van der Waals surface area contributed by atoms with Gasteiger partial charge in [-0.25, -0.2) is 4.68 Å². The maximum absolute atomic E-state index is 12.4. The zero-order valence-corrected chi connectivity index (χ0v) is 13.1. The van der Waals surface area contributed by atoms with Gasteiger partial charge in [-0.15, -0.1) is 5.10 Å². The topological polar surface area (TPSA) is 77.0 Å². The van der Waals surface area contributed by atoms with Gasteiger partial charge in [0.25, 0.3) is 0 Å². The van der Waals surface area contributed by atoms with Crippen molar-refractivity contribution in [2.45, 2.75) is 31.2 Å². The number of hydrogen-bond donors (Lipinski definition) is 0. The summed E-state index contributed by atoms with van der Waals surface area (Å²) in [5.74, 6) is 0.685. The van der Waals surface area contributed by atoms with Crippen molar-refractivity contribution < 1.29 is 9.32 Å². The minimum Gasteiger partial charge on any atom is -0.356 e. The number of rotatable bonds is 4. The van der Waals surface area contributed by atoms with Crippen molar-refractivity contribution in [3.8, 4) is 0 Å². The van der Waals surface area contributed by atoms with Crippen molar-refractivity contribution in [2.24, 2.45) is 0 Å². The number of nitrogens with zero attached hydrogens (tertiary/aromatic N) is 5. The fourth-order valence-corrected chi connectivity index (χ4v) is 3.18. The first-order valence-electron chi connectivity index (χ1n) is 8.31. The van der Waals surface area contributed by atoms with Crippen LogP contribution in [0.5, 0.6) is 0 Å². The molecular weight excluding hydrogens is 306 g/mol. The molecule has 1 saturated heterocycles. The van der Waals surface area contributed by atoms with Crippen LogP contribution in [0.25, 0.3) is 11.0 Å². The van der Waals surface area contributed by atoms with E-state index in [0.717, 1.165) is 16.7 Å². The van der Waals surface area contributed by atoms with E-state index >= 15 is 0 Å². The molecule has 0 N–H and O–H groups in total. The molecule has 0 bridgehead atoms. The molecule has 1 aliphatic carbocycles. The molecule has 1 aliphatic heterocycles. The summed E-state index contributed by atoms with van der Waals surface area (Å²) in [5.41, 5.74) is 2.52. The van der Waals surface area contributed by atoms with E-state index in [1.54, 1.807) is 0 Å². The van der Waals surface area contributed by atoms with Gasteiger partial charge in [0.1, 0.15) is 5.69 Å². The van der Waals surface area contributed by atoms with Crippen LogP contribution in [0, 0.1) is 0 Å². The second-order valence-electron chi connectivity index (χ2n) is 6.65. The normalized spacial score (nSPS) is 18.1. The quantitative estimate of drug-likeness (QED) is 0.733. The van der Waals surface area contributed by atoms with Crippen LogP contribution in [0.3, 0.4) is 0 Å². The molecule has 1 aromatic carbocycles. The van der Waals surface area contributed by atoms with Crippen LogP contribution in [-0.2, 0) is 11.2 Å². The van der Waals surface area contributed by atoms with Gasteiger partial charge in [0.2, 0.25) is 5.91 Å². The molecule has 122 valence electrons. The molecule has 2 aliphatic rings. The Kier molecular flexibility index (Phi) is 2.95. The van der Waals surface area contributed by atoms with Gasteiger partial charge in [-0.3, -0.25) is 4.79 Å². The van der Waals surface area contributed by atoms with Crippen molar-refractivity contribution in [3.05, 3.63) is 41.9 Å². The Morgan fingerprint density at radius 3 is 2.92 bits per heavy atom. The molecule has 2 aromatic heterocycles. The number of fused-ring (bicyclic) bond motifs is 1. The van der Waals surface area contributed by atoms with Gasteiger partial charge in [0, 0.05) is 30.6 Å². The third-order valence-electron chi connectivity index (χ3n) is 4.88. The highest BCUT2D eigenvalue weighted by Crippen LogP contribution is 2.39. The summed E-state index contributed by atoms with van der Waals surface area (Å²) in [6, 6.07) is 7.85. The Balaban J connectivity index is 1.23. The maximum Gasteiger partial charge on any atom is 0.228 e. The molecule has 1 amide bonds. The Hall–Kier alpha value is -2.70. The first-order chi connectivity index (χ1) is 11.8. The molecule has 3 heterocycles. The van der Waals surface area contributed by atoms with Crippen molar-refractivity contribution >= 4 is 16.9 Å². The van der Waals surface area contributed by atoms with Crippen LogP contribution in [0.1, 0.15) is 36.2 Å². The zero-order chi connectivity index (χ0) is 16.1. The van der Waals surface area contributed by atoms with E-state index < -0.39 is 0 Å². The first-order valence-corrected chi connectivity index (χ1v) is 8.31. The van der Waals surface area contributed by atoms with Gasteiger partial charge in [0.05, 0.1) is 18.2 Å². The Morgan fingerprint density at radius 2 is 2.08 bits per heavy atom. The fourth-order valence-electron chi connectivity index (χ4n) is 3.18. The van der Waals surface area contributed by atoms with Crippen LogP contribution in [0.15, 0.2) is 35.0 Å². The summed E-state index contributed by atoms with van der Waals surface area (Å²) in [5, 5.41) is 13.4. The van der Waals surface area contributed by atoms with Crippen molar-refractivity contribution in [1.29, 1.82) is 0 Å². The molecule has 24 heavy (non-hydrogen) atoms. The smallest absolute Gasteiger partial charge is 0.228 e. The second-order valence-corrected chi connectivity index (χ2v) is 6.65. The molecule has 2 fully saturated rings. The SMILES string of the molecule is O=C(Cc1noc2ccccc12)N1CC(n2cc(C3CC3)nn2)C1. The van der Waals surface area contributed by atoms with E-state index in [-0.39, 0.29) is 18.4 Å². The van der Waals surface area contributed by atoms with Gasteiger partial charge < -0.3 is 9.42 Å². The minimum absolute atomic E-state index is 0.0767. The summed E-state index contributed by atoms with van der Waals surface area (Å²) in [6.45, 7) is 1.37. The third-order valence-corrected chi connectivity index (χ3v) is 4.88. The van der Waals surface area contributed by atoms with E-state index in [1.807, 2.05) is 40.0 Å². The molecule has 0 atom stereocenters. The first kappa shape index (κ1) is 13.7. The molecule has 3 aromatic rings. The maximum atomic E-state index is 12.4. The predicted octanol–water partition coefficient (Wildman–Crippen LogP) is 1.92. The molecule has 7 heteroatoms. The third kappa shape index (κ3) is 2.28. The summed E-state index contributed by atoms with van der Waals surface area (Å²) >= 11 is 0. The largest absolute Gasteiger partial charge is 0.356 e. The zero-order valence-electron chi connectivity index (χ0n) is 13.1. The standard InChI is InChI=1S/C17H17N5O2/c23-17(7-14-13-3-1-2-4-16(13)24-19-14)21-8-12(9-21)22-10-15(18-20-22)11-5-6-11/h1-4,10-12H,5-9H2. The van der Waals surface area contributed by atoms with E-state index in [4.69, 9.17) is 4.52 Å². The number of carbonyl (C=O) groups is 1. The summed E-state index contributed by atoms with van der Waals surface area (Å²) in [4.78, 5) is 14.3. The highest BCUT2D eigenvalue weighted by atomic mass is 16.5. The average molecular weight is 323 g/mol. The molecular formula is C17H17N5O2. The van der Waals surface area contributed by atoms with Crippen molar-refractivity contribution in [3.63, 3.8) is 0 Å². The van der Waals surface area contributed by atoms with Gasteiger partial charge >= 0.3 is 0 Å². The van der Waals surface area contributed by atoms with Crippen molar-refractivity contribution in [2.75, 3.05) is 13.1 Å². The van der Waals surface area contributed by atoms with Gasteiger partial charge in [-0.05, 0) is 25.0 Å². The summed E-state index contributed by atoms with van der Waals surface area (Å²) in [6.07, 6.45) is 4.75. The Bertz CT molecular complexity index is 904. The van der Waals surface area contributed by atoms with Gasteiger partial charge in [-0.1, -0.05) is 22.5 Å². The molecule has 7 nitrogen and oxygen atoms in total. The molecule has 0 radical (unpaired) electrons. The lowest BCUT2D eigenvalue weighted by Crippen LogP contribution is -2.51. The molecule has 0 spiro atoms. The fraction of sp³-hybridized carbons (Fsp3) is 0.412. The van der Waals surface area contributed by atoms with E-state index in [9.17, 15) is 4.79 Å². The monoisotopic (exact) mass is 323 g/mol. The van der Waals surface area contributed by atoms with Gasteiger partial charge in [0.15, 0.2) is 5.58 Å². The lowest BCUT2D eigenvalue weighted by atomic mass is 10.1. The molecule has 0 unspecified atom stereocenters. The number of carbonyl (C=O) groups excluding carboxylic acids is 1. The highest BCUT2D eigenvalue weighted by molar-refractivity contribution is 5.86. The van der Waals surface area contributed by atoms with Crippen LogP contribution in [-0.4, -0.2) is 44.0 Å². The number of para-hydroxylation sites is 1. The van der Waals surface area contributed by atoms with Crippen LogP contribution in [0.4, 0.5) is 0 Å². The van der Waals surface area contributed by atoms with Crippen LogP contribution >= 0.6 is 0 Å². The average Bonchev–Trinajstić information content (AvgIpc) is 3.16. The second kappa shape index (κ2) is 5.15. The lowest BCUT2D eigenvalue weighted by molar-refractivity contribution is -0.136. The summed E-state index contributed by atoms with van der Waals surface area (Å²) < 4.78 is 7.17. The van der Waals surface area contributed by atoms with E-state index in [1.165, 1.54) is 12.8 Å². The number of aromatic nitrogens is 4. The highest BCUT2D eigenvalue weighted by Gasteiger charge is 2.34. The van der Waals surface area contributed by atoms with Crippen molar-refractivity contribution in [1.82, 2.24) is 25.1 Å². The molecule has 1 saturated carbocycles. The Morgan fingerprint density at radius 1 is 1.25 bits per heavy atom. The van der Waals surface area contributed by atoms with E-state index in [2.05, 4.69) is 15.5 Å². The predicted molar refractivity (Wildman–Crippen MR) is 85.3 cm³/mol. The summed E-state index contributed by atoms with van der Waals surface area (Å²) in [7, 11) is 0. The molecule has 5 rings (SSSR count). The van der Waals surface area contributed by atoms with Crippen LogP contribution < -0.4 is 0 Å². The minimum atomic E-state index is 0.0767. The number of likely N-dealkylation sites (tertiary alicyclic amines) is 1. The lowest BCUT2D eigenvalue weighted by Gasteiger charge is -2.38. The number of amides is 1. The Labute approximate surface area is 138 Å². The van der Waals surface area contributed by atoms with E-state index in [0.29, 0.717) is 24.7 Å². The number of hydrogen-bond acceptors (Lipinski definition) is 5.